The lowest BCUT2D eigenvalue weighted by Gasteiger charge is -2.45. The lowest BCUT2D eigenvalue weighted by molar-refractivity contribution is -0.122. The number of carbonyl (C=O) groups is 1. The zero-order chi connectivity index (χ0) is 26.1. The summed E-state index contributed by atoms with van der Waals surface area (Å²) in [6.07, 6.45) is 4.10. The maximum atomic E-state index is 9.44. The van der Waals surface area contributed by atoms with Crippen molar-refractivity contribution >= 4 is 12.5 Å². The second kappa shape index (κ2) is 9.35. The van der Waals surface area contributed by atoms with Crippen LogP contribution in [0.3, 0.4) is 0 Å². The standard InChI is InChI=1S/C25H27N3O3.CH2O2/c1-29-20-5-7-24(8-6-20)13-18-4-3-17(12-22(18)25(24)15-31-23(27)28-25)19-9-16(14-26)10-21(11-19)30-2;2-1-3/h3-4,9-12,20H,5-8,13,15H2,1-2H3,(H2,27,28);1H,(H,2,3)/i15D2;. The summed E-state index contributed by atoms with van der Waals surface area (Å²) in [6.45, 7) is -2.33. The molecule has 1 fully saturated rings. The van der Waals surface area contributed by atoms with Gasteiger partial charge in [-0.25, -0.2) is 4.99 Å². The SMILES string of the molecule is O=CO.[2H]C1([2H])OC(N)=NC12c1cc(-c3cc(C#N)cc(OC)c3)ccc1CC21CCC(OC)CC1. The third kappa shape index (κ3) is 3.86. The Kier molecular flexibility index (Phi) is 5.78. The number of nitrogens with two attached hydrogens (primary N) is 1. The van der Waals surface area contributed by atoms with Gasteiger partial charge in [0.05, 0.1) is 27.6 Å². The maximum Gasteiger partial charge on any atom is 0.290 e. The van der Waals surface area contributed by atoms with Crippen LogP contribution in [0.25, 0.3) is 11.1 Å². The van der Waals surface area contributed by atoms with Gasteiger partial charge in [-0.1, -0.05) is 12.1 Å². The van der Waals surface area contributed by atoms with Gasteiger partial charge in [0.25, 0.3) is 12.5 Å². The molecule has 1 aliphatic heterocycles. The molecule has 2 spiro atoms. The van der Waals surface area contributed by atoms with E-state index < -0.39 is 17.5 Å². The molecule has 0 bridgehead atoms. The number of rotatable bonds is 3. The molecular formula is C26H29N3O5. The minimum atomic E-state index is -2.08. The molecule has 34 heavy (non-hydrogen) atoms. The van der Waals surface area contributed by atoms with Crippen molar-refractivity contribution in [2.24, 2.45) is 16.1 Å². The second-order valence-corrected chi connectivity index (χ2v) is 8.80. The number of fused-ring (bicyclic) bond motifs is 3. The van der Waals surface area contributed by atoms with Crippen LogP contribution in [0.5, 0.6) is 5.75 Å². The number of methoxy groups -OCH3 is 2. The van der Waals surface area contributed by atoms with Crippen molar-refractivity contribution in [2.45, 2.75) is 43.7 Å². The molecule has 0 radical (unpaired) electrons. The molecule has 2 aromatic rings. The summed E-state index contributed by atoms with van der Waals surface area (Å²) in [7, 11) is 3.30. The van der Waals surface area contributed by atoms with Gasteiger partial charge in [-0.15, -0.1) is 0 Å². The highest BCUT2D eigenvalue weighted by Crippen LogP contribution is 2.61. The summed E-state index contributed by atoms with van der Waals surface area (Å²) in [5.41, 5.74) is 8.38. The summed E-state index contributed by atoms with van der Waals surface area (Å²) in [4.78, 5) is 13.1. The predicted molar refractivity (Wildman–Crippen MR) is 126 cm³/mol. The molecule has 8 heteroatoms. The van der Waals surface area contributed by atoms with Gasteiger partial charge in [0.15, 0.2) is 0 Å². The van der Waals surface area contributed by atoms with Gasteiger partial charge in [0.2, 0.25) is 0 Å². The van der Waals surface area contributed by atoms with E-state index in [1.807, 2.05) is 24.3 Å². The molecule has 8 nitrogen and oxygen atoms in total. The molecule has 1 heterocycles. The van der Waals surface area contributed by atoms with E-state index >= 15 is 0 Å². The van der Waals surface area contributed by atoms with Crippen LogP contribution in [0.4, 0.5) is 0 Å². The van der Waals surface area contributed by atoms with Gasteiger partial charge in [0, 0.05) is 12.5 Å². The molecule has 178 valence electrons. The van der Waals surface area contributed by atoms with Crippen molar-refractivity contribution in [3.8, 4) is 22.9 Å². The number of carboxylic acid groups (broad SMARTS) is 1. The summed E-state index contributed by atoms with van der Waals surface area (Å²) in [5, 5.41) is 16.3. The van der Waals surface area contributed by atoms with Crippen LogP contribution in [0.1, 0.15) is 45.1 Å². The number of ether oxygens (including phenoxy) is 3. The van der Waals surface area contributed by atoms with Gasteiger partial charge in [-0.05, 0) is 78.6 Å². The Labute approximate surface area is 201 Å². The van der Waals surface area contributed by atoms with E-state index in [0.717, 1.165) is 47.9 Å². The predicted octanol–water partition coefficient (Wildman–Crippen LogP) is 3.61. The molecule has 2 aromatic carbocycles. The van der Waals surface area contributed by atoms with Crippen LogP contribution in [-0.2, 0) is 26.2 Å². The highest BCUT2D eigenvalue weighted by Gasteiger charge is 2.61. The van der Waals surface area contributed by atoms with Gasteiger partial charge in [-0.2, -0.15) is 5.26 Å². The summed E-state index contributed by atoms with van der Waals surface area (Å²) >= 11 is 0. The van der Waals surface area contributed by atoms with Gasteiger partial charge in [0.1, 0.15) is 17.8 Å². The van der Waals surface area contributed by atoms with Crippen LogP contribution >= 0.6 is 0 Å². The molecule has 0 aromatic heterocycles. The fourth-order valence-electron chi connectivity index (χ4n) is 5.57. The Morgan fingerprint density at radius 3 is 2.59 bits per heavy atom. The monoisotopic (exact) mass is 465 g/mol. The fourth-order valence-corrected chi connectivity index (χ4v) is 5.57. The summed E-state index contributed by atoms with van der Waals surface area (Å²) in [6, 6.07) is 13.5. The first-order valence-electron chi connectivity index (χ1n) is 12.1. The van der Waals surface area contributed by atoms with Crippen molar-refractivity contribution in [1.29, 1.82) is 5.26 Å². The zero-order valence-corrected chi connectivity index (χ0v) is 19.2. The number of nitriles is 1. The van der Waals surface area contributed by atoms with E-state index in [2.05, 4.69) is 12.1 Å². The Balaban J connectivity index is 0.000000967. The number of hydrogen-bond acceptors (Lipinski definition) is 7. The molecule has 1 atom stereocenters. The molecule has 0 saturated heterocycles. The van der Waals surface area contributed by atoms with Crippen LogP contribution < -0.4 is 10.5 Å². The second-order valence-electron chi connectivity index (χ2n) is 8.80. The first-order valence-corrected chi connectivity index (χ1v) is 11.1. The molecule has 3 N–H and O–H groups in total. The van der Waals surface area contributed by atoms with Crippen LogP contribution in [0, 0.1) is 16.7 Å². The summed E-state index contributed by atoms with van der Waals surface area (Å²) < 4.78 is 34.3. The highest BCUT2D eigenvalue weighted by atomic mass is 16.5. The molecule has 2 aliphatic carbocycles. The van der Waals surface area contributed by atoms with Gasteiger partial charge in [-0.3, -0.25) is 4.79 Å². The molecule has 5 rings (SSSR count). The Morgan fingerprint density at radius 2 is 2.00 bits per heavy atom. The van der Waals surface area contributed by atoms with E-state index in [4.69, 9.17) is 37.6 Å². The van der Waals surface area contributed by atoms with Crippen molar-refractivity contribution < 1.29 is 26.9 Å². The Morgan fingerprint density at radius 1 is 1.26 bits per heavy atom. The van der Waals surface area contributed by atoms with E-state index in [0.29, 0.717) is 17.7 Å². The summed E-state index contributed by atoms with van der Waals surface area (Å²) in [5.74, 6) is 0.593. The minimum absolute atomic E-state index is 0.111. The third-order valence-corrected chi connectivity index (χ3v) is 7.20. The lowest BCUT2D eigenvalue weighted by atomic mass is 9.62. The van der Waals surface area contributed by atoms with Crippen LogP contribution in [-0.4, -0.2) is 44.5 Å². The van der Waals surface area contributed by atoms with Crippen molar-refractivity contribution in [3.05, 3.63) is 53.1 Å². The first kappa shape index (κ1) is 21.0. The van der Waals surface area contributed by atoms with Crippen molar-refractivity contribution in [3.63, 3.8) is 0 Å². The maximum absolute atomic E-state index is 9.44. The quantitative estimate of drug-likeness (QED) is 0.663. The highest BCUT2D eigenvalue weighted by molar-refractivity contribution is 5.76. The van der Waals surface area contributed by atoms with E-state index in [1.165, 1.54) is 0 Å². The number of amidine groups is 1. The van der Waals surface area contributed by atoms with Crippen molar-refractivity contribution in [2.75, 3.05) is 20.8 Å². The number of hydrogen-bond donors (Lipinski definition) is 2. The van der Waals surface area contributed by atoms with Crippen LogP contribution in [0.15, 0.2) is 41.4 Å². The van der Waals surface area contributed by atoms with E-state index in [1.54, 1.807) is 20.3 Å². The average Bonchev–Trinajstić information content (AvgIpc) is 3.28. The van der Waals surface area contributed by atoms with Crippen molar-refractivity contribution in [1.82, 2.24) is 0 Å². The van der Waals surface area contributed by atoms with Gasteiger partial charge >= 0.3 is 0 Å². The van der Waals surface area contributed by atoms with E-state index in [9.17, 15) is 5.26 Å². The molecule has 1 unspecified atom stereocenters. The smallest absolute Gasteiger partial charge is 0.290 e. The number of aliphatic imine (C=N–C) groups is 1. The molecule has 1 saturated carbocycles. The normalized spacial score (nSPS) is 29.0. The Hall–Kier alpha value is -3.57. The fraction of sp³-hybridized carbons (Fsp3) is 0.423. The third-order valence-electron chi connectivity index (χ3n) is 7.20. The topological polar surface area (TPSA) is 127 Å². The zero-order valence-electron chi connectivity index (χ0n) is 21.2. The molecule has 0 amide bonds. The average molecular weight is 466 g/mol. The first-order chi connectivity index (χ1) is 17.2. The largest absolute Gasteiger partial charge is 0.497 e. The Bertz CT molecular complexity index is 1230. The minimum Gasteiger partial charge on any atom is -0.497 e. The van der Waals surface area contributed by atoms with Gasteiger partial charge < -0.3 is 25.1 Å². The van der Waals surface area contributed by atoms with Crippen LogP contribution in [0.2, 0.25) is 0 Å². The molecular weight excluding hydrogens is 434 g/mol. The van der Waals surface area contributed by atoms with E-state index in [-0.39, 0.29) is 18.6 Å². The number of benzene rings is 2. The molecule has 3 aliphatic rings. The number of nitrogens with zero attached hydrogens (tertiary/aromatic N) is 2. The lowest BCUT2D eigenvalue weighted by Crippen LogP contribution is -2.46.